The van der Waals surface area contributed by atoms with Crippen LogP contribution in [0.15, 0.2) is 41.4 Å². The Morgan fingerprint density at radius 2 is 2.04 bits per heavy atom. The largest absolute Gasteiger partial charge is 0.394 e. The zero-order chi connectivity index (χ0) is 19.0. The highest BCUT2D eigenvalue weighted by Gasteiger charge is 2.44. The molecule has 1 fully saturated rings. The molecule has 0 bridgehead atoms. The highest BCUT2D eigenvalue weighted by Crippen LogP contribution is 2.32. The summed E-state index contributed by atoms with van der Waals surface area (Å²) >= 11 is 3.45. The van der Waals surface area contributed by atoms with E-state index in [4.69, 9.17) is 4.74 Å². The van der Waals surface area contributed by atoms with Gasteiger partial charge in [-0.1, -0.05) is 28.1 Å². The van der Waals surface area contributed by atoms with E-state index < -0.39 is 31.1 Å². The predicted octanol–water partition coefficient (Wildman–Crippen LogP) is 0.812. The van der Waals surface area contributed by atoms with Crippen molar-refractivity contribution >= 4 is 32.9 Å². The van der Waals surface area contributed by atoms with Gasteiger partial charge in [0.1, 0.15) is 24.6 Å². The van der Waals surface area contributed by atoms with Crippen LogP contribution in [0.3, 0.4) is 0 Å². The molecule has 2 aromatic heterocycles. The van der Waals surface area contributed by atoms with Crippen LogP contribution in [-0.4, -0.2) is 59.8 Å². The van der Waals surface area contributed by atoms with Crippen molar-refractivity contribution in [3.05, 3.63) is 47.0 Å². The topological polar surface area (TPSA) is 126 Å². The summed E-state index contributed by atoms with van der Waals surface area (Å²) in [6.45, 7) is 0.155. The number of nitrogens with one attached hydrogen (secondary N) is 1. The maximum atomic E-state index is 10.2. The summed E-state index contributed by atoms with van der Waals surface area (Å²) < 4.78 is 8.08. The minimum atomic E-state index is -1.20. The number of ether oxygens (including phenoxy) is 1. The Balaban J connectivity index is 1.60. The van der Waals surface area contributed by atoms with Crippen LogP contribution in [0.2, 0.25) is 0 Å². The standard InChI is InChI=1S/C17H18BrN5O4/c18-10-3-1-2-9(4-10)5-19-15-12-16(21-7-20-15)23(8-22-12)17-14(26)13(25)11(6-24)27-17/h1-4,7-8,11,13-14,17,24-26H,5-6H2,(H,19,20,21)/t11-,13-,14-,17-/m1/s1. The third-order valence-corrected chi connectivity index (χ3v) is 4.99. The Morgan fingerprint density at radius 3 is 2.78 bits per heavy atom. The molecule has 4 N–H and O–H groups in total. The van der Waals surface area contributed by atoms with E-state index in [9.17, 15) is 15.3 Å². The minimum absolute atomic E-state index is 0.393. The number of rotatable bonds is 5. The van der Waals surface area contributed by atoms with Crippen LogP contribution in [0.5, 0.6) is 0 Å². The molecule has 0 unspecified atom stereocenters. The molecule has 0 spiro atoms. The van der Waals surface area contributed by atoms with Gasteiger partial charge in [-0.15, -0.1) is 0 Å². The quantitative estimate of drug-likeness (QED) is 0.463. The van der Waals surface area contributed by atoms with Gasteiger partial charge in [-0.25, -0.2) is 15.0 Å². The summed E-state index contributed by atoms with van der Waals surface area (Å²) in [6.07, 6.45) is -1.27. The number of aliphatic hydroxyl groups excluding tert-OH is 3. The molecule has 1 aliphatic rings. The van der Waals surface area contributed by atoms with Crippen molar-refractivity contribution in [1.29, 1.82) is 0 Å². The summed E-state index contributed by atoms with van der Waals surface area (Å²) in [5, 5.41) is 32.7. The second-order valence-corrected chi connectivity index (χ2v) is 7.17. The zero-order valence-corrected chi connectivity index (χ0v) is 15.7. The highest BCUT2D eigenvalue weighted by atomic mass is 79.9. The van der Waals surface area contributed by atoms with Crippen molar-refractivity contribution in [2.24, 2.45) is 0 Å². The van der Waals surface area contributed by atoms with E-state index >= 15 is 0 Å². The summed E-state index contributed by atoms with van der Waals surface area (Å²) in [7, 11) is 0. The molecule has 4 atom stereocenters. The number of nitrogens with zero attached hydrogens (tertiary/aromatic N) is 4. The smallest absolute Gasteiger partial charge is 0.167 e. The Hall–Kier alpha value is -2.11. The molecule has 1 aliphatic heterocycles. The first-order chi connectivity index (χ1) is 13.1. The number of hydrogen-bond acceptors (Lipinski definition) is 8. The molecular weight excluding hydrogens is 418 g/mol. The van der Waals surface area contributed by atoms with Crippen LogP contribution in [0, 0.1) is 0 Å². The maximum Gasteiger partial charge on any atom is 0.167 e. The third-order valence-electron chi connectivity index (χ3n) is 4.50. The van der Waals surface area contributed by atoms with Crippen molar-refractivity contribution in [1.82, 2.24) is 19.5 Å². The van der Waals surface area contributed by atoms with Crippen molar-refractivity contribution in [3.63, 3.8) is 0 Å². The van der Waals surface area contributed by atoms with Gasteiger partial charge in [-0.2, -0.15) is 0 Å². The van der Waals surface area contributed by atoms with E-state index in [2.05, 4.69) is 36.2 Å². The molecule has 4 rings (SSSR count). The van der Waals surface area contributed by atoms with E-state index in [0.29, 0.717) is 23.5 Å². The van der Waals surface area contributed by atoms with Crippen LogP contribution in [-0.2, 0) is 11.3 Å². The normalized spacial score (nSPS) is 25.2. The van der Waals surface area contributed by atoms with Crippen LogP contribution in [0.25, 0.3) is 11.2 Å². The summed E-state index contributed by atoms with van der Waals surface area (Å²) in [4.78, 5) is 12.8. The first kappa shape index (κ1) is 18.3. The molecule has 1 aromatic carbocycles. The van der Waals surface area contributed by atoms with Crippen LogP contribution in [0.1, 0.15) is 11.8 Å². The monoisotopic (exact) mass is 435 g/mol. The Labute approximate surface area is 162 Å². The first-order valence-electron chi connectivity index (χ1n) is 8.37. The van der Waals surface area contributed by atoms with E-state index in [1.807, 2.05) is 24.3 Å². The number of hydrogen-bond donors (Lipinski definition) is 4. The van der Waals surface area contributed by atoms with Gasteiger partial charge in [0, 0.05) is 11.0 Å². The lowest BCUT2D eigenvalue weighted by molar-refractivity contribution is -0.0511. The van der Waals surface area contributed by atoms with Crippen LogP contribution in [0.4, 0.5) is 5.82 Å². The van der Waals surface area contributed by atoms with Gasteiger partial charge < -0.3 is 25.4 Å². The summed E-state index contributed by atoms with van der Waals surface area (Å²) in [5.41, 5.74) is 2.04. The maximum absolute atomic E-state index is 10.2. The molecule has 27 heavy (non-hydrogen) atoms. The number of halogens is 1. The molecule has 1 saturated heterocycles. The SMILES string of the molecule is OC[C@H]1O[C@@H](n2cnc3c(NCc4cccc(Br)c4)ncnc32)[C@H](O)[C@@H]1O. The fraction of sp³-hybridized carbons (Fsp3) is 0.353. The Morgan fingerprint density at radius 1 is 1.19 bits per heavy atom. The van der Waals surface area contributed by atoms with Crippen molar-refractivity contribution in [2.45, 2.75) is 31.1 Å². The zero-order valence-electron chi connectivity index (χ0n) is 14.1. The number of anilines is 1. The van der Waals surface area contributed by atoms with Crippen molar-refractivity contribution in [2.75, 3.05) is 11.9 Å². The fourth-order valence-electron chi connectivity index (χ4n) is 3.11. The third kappa shape index (κ3) is 3.42. The van der Waals surface area contributed by atoms with E-state index in [1.54, 1.807) is 0 Å². The number of aromatic nitrogens is 4. The Kier molecular flexibility index (Phi) is 5.06. The minimum Gasteiger partial charge on any atom is -0.394 e. The number of imidazole rings is 1. The molecule has 3 aromatic rings. The van der Waals surface area contributed by atoms with Gasteiger partial charge in [0.25, 0.3) is 0 Å². The van der Waals surface area contributed by atoms with Gasteiger partial charge in [-0.05, 0) is 17.7 Å². The van der Waals surface area contributed by atoms with Crippen LogP contribution >= 0.6 is 15.9 Å². The first-order valence-corrected chi connectivity index (χ1v) is 9.16. The molecule has 0 radical (unpaired) electrons. The number of aliphatic hydroxyl groups is 3. The van der Waals surface area contributed by atoms with Crippen molar-refractivity contribution in [3.8, 4) is 0 Å². The lowest BCUT2D eigenvalue weighted by atomic mass is 10.1. The van der Waals surface area contributed by atoms with Crippen LogP contribution < -0.4 is 5.32 Å². The highest BCUT2D eigenvalue weighted by molar-refractivity contribution is 9.10. The average Bonchev–Trinajstić information content (AvgIpc) is 3.22. The summed E-state index contributed by atoms with van der Waals surface area (Å²) in [5.74, 6) is 0.547. The second-order valence-electron chi connectivity index (χ2n) is 6.26. The van der Waals surface area contributed by atoms with Gasteiger partial charge >= 0.3 is 0 Å². The van der Waals surface area contributed by atoms with Crippen molar-refractivity contribution < 1.29 is 20.1 Å². The summed E-state index contributed by atoms with van der Waals surface area (Å²) in [6, 6.07) is 7.90. The van der Waals surface area contributed by atoms with Gasteiger partial charge in [0.05, 0.1) is 12.9 Å². The molecule has 0 saturated carbocycles. The molecule has 10 heteroatoms. The predicted molar refractivity (Wildman–Crippen MR) is 99.8 cm³/mol. The van der Waals surface area contributed by atoms with Gasteiger partial charge in [0.2, 0.25) is 0 Å². The second kappa shape index (κ2) is 7.49. The Bertz CT molecular complexity index is 952. The molecular formula is C17H18BrN5O4. The van der Waals surface area contributed by atoms with E-state index in [0.717, 1.165) is 10.0 Å². The molecule has 0 amide bonds. The molecule has 142 valence electrons. The van der Waals surface area contributed by atoms with Gasteiger partial charge in [0.15, 0.2) is 23.2 Å². The fourth-order valence-corrected chi connectivity index (χ4v) is 3.56. The average molecular weight is 436 g/mol. The van der Waals surface area contributed by atoms with E-state index in [1.165, 1.54) is 17.2 Å². The lowest BCUT2D eigenvalue weighted by Gasteiger charge is -2.16. The lowest BCUT2D eigenvalue weighted by Crippen LogP contribution is -2.33. The van der Waals surface area contributed by atoms with Gasteiger partial charge in [-0.3, -0.25) is 4.57 Å². The van der Waals surface area contributed by atoms with E-state index in [-0.39, 0.29) is 0 Å². The molecule has 3 heterocycles. The number of fused-ring (bicyclic) bond motifs is 1. The number of benzene rings is 1. The molecule has 9 nitrogen and oxygen atoms in total. The molecule has 0 aliphatic carbocycles.